The predicted octanol–water partition coefficient (Wildman–Crippen LogP) is 5.51. The number of hydrogen-bond acceptors (Lipinski definition) is 2. The molecule has 3 unspecified atom stereocenters. The molecule has 1 aromatic rings. The third kappa shape index (κ3) is 2.99. The maximum Gasteiger partial charge on any atom is 0.0627 e. The van der Waals surface area contributed by atoms with Gasteiger partial charge in [0.25, 0.3) is 0 Å². The lowest BCUT2D eigenvalue weighted by Gasteiger charge is -2.32. The van der Waals surface area contributed by atoms with Gasteiger partial charge in [0.15, 0.2) is 0 Å². The number of fused-ring (bicyclic) bond motifs is 3. The summed E-state index contributed by atoms with van der Waals surface area (Å²) in [5, 5.41) is 3.71. The first-order valence-electron chi connectivity index (χ1n) is 10.0. The standard InChI is InChI=1S/C25H26N2/c1-18-11-13-19(14-12-18)26-20-15-16-25-23(17-20)22-9-5-6-10-24(22)27(25)21-7-3-2-4-8-21/h2-3,5-7,9-13,15-17,19,23,25-26H,4,8,14H2,1H3. The summed E-state index contributed by atoms with van der Waals surface area (Å²) in [5.74, 6) is 0.408. The van der Waals surface area contributed by atoms with E-state index in [1.807, 2.05) is 0 Å². The van der Waals surface area contributed by atoms with E-state index in [2.05, 4.69) is 96.1 Å². The Balaban J connectivity index is 1.44. The molecule has 5 rings (SSSR count). The van der Waals surface area contributed by atoms with Gasteiger partial charge in [-0.15, -0.1) is 0 Å². The lowest BCUT2D eigenvalue weighted by molar-refractivity contribution is 0.648. The Kier molecular flexibility index (Phi) is 4.12. The van der Waals surface area contributed by atoms with Crippen molar-refractivity contribution in [2.24, 2.45) is 0 Å². The van der Waals surface area contributed by atoms with E-state index >= 15 is 0 Å². The van der Waals surface area contributed by atoms with Crippen LogP contribution in [0, 0.1) is 0 Å². The maximum absolute atomic E-state index is 3.71. The van der Waals surface area contributed by atoms with Gasteiger partial charge in [-0.25, -0.2) is 0 Å². The van der Waals surface area contributed by atoms with E-state index in [9.17, 15) is 0 Å². The van der Waals surface area contributed by atoms with Crippen molar-refractivity contribution >= 4 is 5.69 Å². The average Bonchev–Trinajstić information content (AvgIpc) is 3.04. The third-order valence-electron chi connectivity index (χ3n) is 5.99. The van der Waals surface area contributed by atoms with Crippen LogP contribution in [0.25, 0.3) is 0 Å². The summed E-state index contributed by atoms with van der Waals surface area (Å²) in [6, 6.07) is 9.68. The minimum atomic E-state index is 0.384. The van der Waals surface area contributed by atoms with E-state index in [1.54, 1.807) is 0 Å². The fourth-order valence-corrected chi connectivity index (χ4v) is 4.62. The molecule has 0 bridgehead atoms. The van der Waals surface area contributed by atoms with E-state index in [-0.39, 0.29) is 0 Å². The first-order valence-corrected chi connectivity index (χ1v) is 10.0. The quantitative estimate of drug-likeness (QED) is 0.770. The van der Waals surface area contributed by atoms with Crippen LogP contribution in [0.4, 0.5) is 5.69 Å². The molecule has 0 fully saturated rings. The van der Waals surface area contributed by atoms with Crippen molar-refractivity contribution in [3.05, 3.63) is 101 Å². The van der Waals surface area contributed by atoms with Crippen LogP contribution >= 0.6 is 0 Å². The van der Waals surface area contributed by atoms with Crippen LogP contribution in [-0.2, 0) is 0 Å². The van der Waals surface area contributed by atoms with Gasteiger partial charge in [0, 0.05) is 29.0 Å². The Morgan fingerprint density at radius 2 is 2.04 bits per heavy atom. The first-order chi connectivity index (χ1) is 13.3. The number of hydrogen-bond donors (Lipinski definition) is 1. The summed E-state index contributed by atoms with van der Waals surface area (Å²) < 4.78 is 0. The zero-order valence-corrected chi connectivity index (χ0v) is 15.8. The van der Waals surface area contributed by atoms with Gasteiger partial charge in [0.2, 0.25) is 0 Å². The van der Waals surface area contributed by atoms with Crippen molar-refractivity contribution in [3.63, 3.8) is 0 Å². The van der Waals surface area contributed by atoms with Crippen LogP contribution in [0.2, 0.25) is 0 Å². The zero-order chi connectivity index (χ0) is 18.2. The Hall–Kier alpha value is -2.74. The van der Waals surface area contributed by atoms with Gasteiger partial charge in [0.1, 0.15) is 0 Å². The molecule has 1 heterocycles. The number of allylic oxidation sites excluding steroid dienone is 7. The second kappa shape index (κ2) is 6.77. The van der Waals surface area contributed by atoms with Crippen molar-refractivity contribution < 1.29 is 0 Å². The van der Waals surface area contributed by atoms with Gasteiger partial charge >= 0.3 is 0 Å². The topological polar surface area (TPSA) is 15.3 Å². The van der Waals surface area contributed by atoms with Gasteiger partial charge in [-0.05, 0) is 50.0 Å². The number of benzene rings is 1. The molecule has 2 heteroatoms. The van der Waals surface area contributed by atoms with E-state index in [0.29, 0.717) is 18.0 Å². The van der Waals surface area contributed by atoms with Crippen LogP contribution in [0.15, 0.2) is 95.9 Å². The number of nitrogens with zero attached hydrogens (tertiary/aromatic N) is 1. The van der Waals surface area contributed by atoms with Crippen LogP contribution in [0.3, 0.4) is 0 Å². The molecule has 0 aromatic heterocycles. The summed E-state index contributed by atoms with van der Waals surface area (Å²) in [6.07, 6.45) is 24.0. The van der Waals surface area contributed by atoms with Crippen LogP contribution in [0.1, 0.15) is 37.7 Å². The molecule has 0 spiro atoms. The number of anilines is 1. The molecule has 0 saturated heterocycles. The lowest BCUT2D eigenvalue weighted by atomic mass is 9.89. The summed E-state index contributed by atoms with van der Waals surface area (Å²) in [7, 11) is 0. The Bertz CT molecular complexity index is 925. The largest absolute Gasteiger partial charge is 0.379 e. The molecular formula is C25H26N2. The Labute approximate surface area is 162 Å². The summed E-state index contributed by atoms with van der Waals surface area (Å²) >= 11 is 0. The minimum absolute atomic E-state index is 0.384. The van der Waals surface area contributed by atoms with Gasteiger partial charge < -0.3 is 10.2 Å². The Morgan fingerprint density at radius 1 is 1.11 bits per heavy atom. The normalized spacial score (nSPS) is 28.3. The van der Waals surface area contributed by atoms with E-state index < -0.39 is 0 Å². The van der Waals surface area contributed by atoms with Crippen LogP contribution in [-0.4, -0.2) is 12.1 Å². The second-order valence-corrected chi connectivity index (χ2v) is 7.84. The molecule has 1 aromatic carbocycles. The molecule has 3 atom stereocenters. The second-order valence-electron chi connectivity index (χ2n) is 7.84. The summed E-state index contributed by atoms with van der Waals surface area (Å²) in [6.45, 7) is 2.16. The van der Waals surface area contributed by atoms with Crippen LogP contribution < -0.4 is 10.2 Å². The van der Waals surface area contributed by atoms with Crippen molar-refractivity contribution in [3.8, 4) is 0 Å². The number of rotatable bonds is 3. The fraction of sp³-hybridized carbons (Fsp3) is 0.280. The molecule has 0 saturated carbocycles. The molecule has 2 nitrogen and oxygen atoms in total. The molecule has 27 heavy (non-hydrogen) atoms. The van der Waals surface area contributed by atoms with Crippen molar-refractivity contribution in [2.75, 3.05) is 4.90 Å². The minimum Gasteiger partial charge on any atom is -0.379 e. The highest BCUT2D eigenvalue weighted by molar-refractivity contribution is 5.69. The highest BCUT2D eigenvalue weighted by atomic mass is 15.2. The molecule has 4 aliphatic rings. The molecule has 136 valence electrons. The molecule has 1 N–H and O–H groups in total. The SMILES string of the molecule is CC1=CCC(NC2=CC3c4ccccc4N(C4=CC=CCC4)C3C=C2)C=C1. The van der Waals surface area contributed by atoms with Gasteiger partial charge in [-0.3, -0.25) is 0 Å². The molecule has 3 aliphatic carbocycles. The van der Waals surface area contributed by atoms with E-state index in [4.69, 9.17) is 0 Å². The molecule has 1 aliphatic heterocycles. The van der Waals surface area contributed by atoms with Crippen molar-refractivity contribution in [2.45, 2.75) is 44.2 Å². The summed E-state index contributed by atoms with van der Waals surface area (Å²) in [5.41, 5.74) is 6.84. The van der Waals surface area contributed by atoms with Gasteiger partial charge in [-0.2, -0.15) is 0 Å². The predicted molar refractivity (Wildman–Crippen MR) is 114 cm³/mol. The van der Waals surface area contributed by atoms with Crippen molar-refractivity contribution in [1.29, 1.82) is 0 Å². The van der Waals surface area contributed by atoms with Gasteiger partial charge in [-0.1, -0.05) is 66.3 Å². The van der Waals surface area contributed by atoms with Crippen LogP contribution in [0.5, 0.6) is 0 Å². The monoisotopic (exact) mass is 354 g/mol. The zero-order valence-electron chi connectivity index (χ0n) is 15.8. The van der Waals surface area contributed by atoms with Crippen molar-refractivity contribution in [1.82, 2.24) is 5.32 Å². The van der Waals surface area contributed by atoms with E-state index in [1.165, 1.54) is 28.2 Å². The highest BCUT2D eigenvalue weighted by Gasteiger charge is 2.38. The molecule has 0 radical (unpaired) electrons. The summed E-state index contributed by atoms with van der Waals surface area (Å²) in [4.78, 5) is 2.56. The molecular weight excluding hydrogens is 328 g/mol. The first kappa shape index (κ1) is 16.4. The fourth-order valence-electron chi connectivity index (χ4n) is 4.62. The smallest absolute Gasteiger partial charge is 0.0627 e. The highest BCUT2D eigenvalue weighted by Crippen LogP contribution is 2.47. The third-order valence-corrected chi connectivity index (χ3v) is 5.99. The Morgan fingerprint density at radius 3 is 2.85 bits per heavy atom. The van der Waals surface area contributed by atoms with E-state index in [0.717, 1.165) is 19.3 Å². The lowest BCUT2D eigenvalue weighted by Crippen LogP contribution is -2.35. The average molecular weight is 354 g/mol. The van der Waals surface area contributed by atoms with Gasteiger partial charge in [0.05, 0.1) is 6.04 Å². The maximum atomic E-state index is 3.71. The number of nitrogens with one attached hydrogen (secondary N) is 1. The number of para-hydroxylation sites is 1. The molecule has 0 amide bonds.